The number of nitrogens with one attached hydrogen (secondary N) is 1. The maximum absolute atomic E-state index is 5.93. The molecule has 1 unspecified atom stereocenters. The van der Waals surface area contributed by atoms with E-state index in [4.69, 9.17) is 4.74 Å². The molecule has 1 N–H and O–H groups in total. The van der Waals surface area contributed by atoms with Crippen LogP contribution in [0.5, 0.6) is 5.75 Å². The number of rotatable bonds is 9. The van der Waals surface area contributed by atoms with Gasteiger partial charge in [0.15, 0.2) is 0 Å². The van der Waals surface area contributed by atoms with Crippen LogP contribution in [-0.4, -0.2) is 19.2 Å². The smallest absolute Gasteiger partial charge is 0.119 e. The van der Waals surface area contributed by atoms with Crippen LogP contribution in [0, 0.1) is 0 Å². The highest BCUT2D eigenvalue weighted by Crippen LogP contribution is 2.20. The van der Waals surface area contributed by atoms with E-state index in [2.05, 4.69) is 57.3 Å². The molecule has 0 aliphatic heterocycles. The largest absolute Gasteiger partial charge is 0.491 e. The van der Waals surface area contributed by atoms with Crippen LogP contribution in [0.15, 0.2) is 24.3 Å². The van der Waals surface area contributed by atoms with E-state index < -0.39 is 0 Å². The quantitative estimate of drug-likeness (QED) is 0.668. The van der Waals surface area contributed by atoms with Gasteiger partial charge in [-0.05, 0) is 62.9 Å². The van der Waals surface area contributed by atoms with E-state index in [1.165, 1.54) is 18.4 Å². The Morgan fingerprint density at radius 3 is 2.32 bits per heavy atom. The number of hydrogen-bond donors (Lipinski definition) is 1. The summed E-state index contributed by atoms with van der Waals surface area (Å²) in [6, 6.07) is 8.49. The van der Waals surface area contributed by atoms with Gasteiger partial charge in [-0.15, -0.1) is 0 Å². The fourth-order valence-corrected chi connectivity index (χ4v) is 2.04. The number of hydrogen-bond acceptors (Lipinski definition) is 2. The third-order valence-corrected chi connectivity index (χ3v) is 3.28. The van der Waals surface area contributed by atoms with Crippen molar-refractivity contribution in [2.24, 2.45) is 0 Å². The van der Waals surface area contributed by atoms with Gasteiger partial charge >= 0.3 is 0 Å². The van der Waals surface area contributed by atoms with Crippen LogP contribution >= 0.6 is 0 Å². The Morgan fingerprint density at radius 2 is 1.74 bits per heavy atom. The zero-order chi connectivity index (χ0) is 14.1. The Hall–Kier alpha value is -1.02. The first-order valence-corrected chi connectivity index (χ1v) is 7.60. The summed E-state index contributed by atoms with van der Waals surface area (Å²) in [5.74, 6) is 1.56. The van der Waals surface area contributed by atoms with E-state index in [1.807, 2.05) is 0 Å². The minimum absolute atomic E-state index is 0.285. The molecule has 0 amide bonds. The summed E-state index contributed by atoms with van der Waals surface area (Å²) in [5, 5.41) is 3.42. The van der Waals surface area contributed by atoms with Crippen LogP contribution < -0.4 is 10.1 Å². The van der Waals surface area contributed by atoms with Crippen LogP contribution in [-0.2, 0) is 0 Å². The summed E-state index contributed by atoms with van der Waals surface area (Å²) in [5.41, 5.74) is 1.36. The lowest BCUT2D eigenvalue weighted by Gasteiger charge is -2.15. The first-order chi connectivity index (χ1) is 9.13. The summed E-state index contributed by atoms with van der Waals surface area (Å²) in [6.07, 6.45) is 3.76. The van der Waals surface area contributed by atoms with Crippen molar-refractivity contribution >= 4 is 0 Å². The first kappa shape index (κ1) is 16.0. The molecule has 0 aliphatic carbocycles. The predicted octanol–water partition coefficient (Wildman–Crippen LogP) is 4.36. The maximum atomic E-state index is 5.93. The predicted molar refractivity (Wildman–Crippen MR) is 83.0 cm³/mol. The van der Waals surface area contributed by atoms with Crippen molar-refractivity contribution in [2.45, 2.75) is 59.0 Å². The van der Waals surface area contributed by atoms with Gasteiger partial charge in [0.1, 0.15) is 5.75 Å². The van der Waals surface area contributed by atoms with Gasteiger partial charge in [-0.25, -0.2) is 0 Å². The molecule has 0 radical (unpaired) electrons. The zero-order valence-electron chi connectivity index (χ0n) is 12.9. The minimum Gasteiger partial charge on any atom is -0.491 e. The highest BCUT2D eigenvalue weighted by Gasteiger charge is 2.04. The average Bonchev–Trinajstić information content (AvgIpc) is 2.39. The van der Waals surface area contributed by atoms with Crippen molar-refractivity contribution in [1.82, 2.24) is 5.32 Å². The average molecular weight is 263 g/mol. The van der Waals surface area contributed by atoms with Crippen LogP contribution in [0.2, 0.25) is 0 Å². The molecule has 108 valence electrons. The van der Waals surface area contributed by atoms with Crippen molar-refractivity contribution in [2.75, 3.05) is 13.1 Å². The molecule has 1 aromatic carbocycles. The molecule has 0 spiro atoms. The Morgan fingerprint density at radius 1 is 1.05 bits per heavy atom. The van der Waals surface area contributed by atoms with Crippen LogP contribution in [0.1, 0.15) is 58.4 Å². The Balaban J connectivity index is 2.26. The van der Waals surface area contributed by atoms with Crippen LogP contribution in [0.25, 0.3) is 0 Å². The molecule has 2 heteroatoms. The van der Waals surface area contributed by atoms with Gasteiger partial charge in [-0.1, -0.05) is 32.9 Å². The molecule has 0 heterocycles. The van der Waals surface area contributed by atoms with E-state index in [-0.39, 0.29) is 6.10 Å². The summed E-state index contributed by atoms with van der Waals surface area (Å²) >= 11 is 0. The molecule has 1 rings (SSSR count). The van der Waals surface area contributed by atoms with Gasteiger partial charge in [0.2, 0.25) is 0 Å². The second-order valence-electron chi connectivity index (χ2n) is 5.54. The molecular formula is C17H29NO. The van der Waals surface area contributed by atoms with Crippen LogP contribution in [0.3, 0.4) is 0 Å². The molecule has 0 saturated heterocycles. The topological polar surface area (TPSA) is 21.3 Å². The monoisotopic (exact) mass is 263 g/mol. The van der Waals surface area contributed by atoms with Gasteiger partial charge in [-0.3, -0.25) is 0 Å². The highest BCUT2D eigenvalue weighted by atomic mass is 16.5. The molecule has 0 aromatic heterocycles. The maximum Gasteiger partial charge on any atom is 0.119 e. The molecular weight excluding hydrogens is 234 g/mol. The third-order valence-electron chi connectivity index (χ3n) is 3.28. The van der Waals surface area contributed by atoms with Crippen molar-refractivity contribution in [1.29, 1.82) is 0 Å². The Bertz CT molecular complexity index is 332. The van der Waals surface area contributed by atoms with Crippen molar-refractivity contribution in [3.8, 4) is 5.75 Å². The van der Waals surface area contributed by atoms with E-state index in [0.29, 0.717) is 5.92 Å². The lowest BCUT2D eigenvalue weighted by Crippen LogP contribution is -2.19. The van der Waals surface area contributed by atoms with Crippen LogP contribution in [0.4, 0.5) is 0 Å². The van der Waals surface area contributed by atoms with E-state index in [1.54, 1.807) is 0 Å². The van der Waals surface area contributed by atoms with E-state index in [9.17, 15) is 0 Å². The number of benzene rings is 1. The SMILES string of the molecule is CCCNCCCC(C)Oc1ccc(C(C)C)cc1. The molecule has 1 atom stereocenters. The second-order valence-corrected chi connectivity index (χ2v) is 5.54. The van der Waals surface area contributed by atoms with E-state index >= 15 is 0 Å². The molecule has 19 heavy (non-hydrogen) atoms. The molecule has 0 saturated carbocycles. The van der Waals surface area contributed by atoms with Gasteiger partial charge < -0.3 is 10.1 Å². The van der Waals surface area contributed by atoms with E-state index in [0.717, 1.165) is 25.3 Å². The zero-order valence-corrected chi connectivity index (χ0v) is 12.9. The van der Waals surface area contributed by atoms with Crippen molar-refractivity contribution in [3.63, 3.8) is 0 Å². The van der Waals surface area contributed by atoms with Crippen molar-refractivity contribution in [3.05, 3.63) is 29.8 Å². The summed E-state index contributed by atoms with van der Waals surface area (Å²) in [7, 11) is 0. The summed E-state index contributed by atoms with van der Waals surface area (Å²) < 4.78 is 5.93. The van der Waals surface area contributed by atoms with Gasteiger partial charge in [0.25, 0.3) is 0 Å². The third kappa shape index (κ3) is 6.63. The first-order valence-electron chi connectivity index (χ1n) is 7.60. The van der Waals surface area contributed by atoms with Gasteiger partial charge in [0.05, 0.1) is 6.10 Å². The normalized spacial score (nSPS) is 12.7. The molecule has 1 aromatic rings. The summed E-state index contributed by atoms with van der Waals surface area (Å²) in [6.45, 7) is 11.0. The summed E-state index contributed by atoms with van der Waals surface area (Å²) in [4.78, 5) is 0. The lowest BCUT2D eigenvalue weighted by molar-refractivity contribution is 0.207. The van der Waals surface area contributed by atoms with Gasteiger partial charge in [0, 0.05) is 0 Å². The highest BCUT2D eigenvalue weighted by molar-refractivity contribution is 5.28. The Kier molecular flexibility index (Phi) is 7.57. The number of ether oxygens (including phenoxy) is 1. The molecule has 0 aliphatic rings. The fourth-order valence-electron chi connectivity index (χ4n) is 2.04. The second kappa shape index (κ2) is 8.98. The molecule has 0 bridgehead atoms. The standard InChI is InChI=1S/C17H29NO/c1-5-12-18-13-6-7-15(4)19-17-10-8-16(9-11-17)14(2)3/h8-11,14-15,18H,5-7,12-13H2,1-4H3. The minimum atomic E-state index is 0.285. The van der Waals surface area contributed by atoms with Gasteiger partial charge in [-0.2, -0.15) is 0 Å². The lowest BCUT2D eigenvalue weighted by atomic mass is 10.0. The molecule has 2 nitrogen and oxygen atoms in total. The molecule has 0 fully saturated rings. The Labute approximate surface area is 118 Å². The fraction of sp³-hybridized carbons (Fsp3) is 0.647. The van der Waals surface area contributed by atoms with Crippen molar-refractivity contribution < 1.29 is 4.74 Å².